The molecule has 0 aromatic heterocycles. The van der Waals surface area contributed by atoms with Gasteiger partial charge in [0.25, 0.3) is 4.93 Å². The lowest BCUT2D eigenvalue weighted by atomic mass is 10.2. The predicted molar refractivity (Wildman–Crippen MR) is 72.7 cm³/mol. The Morgan fingerprint density at radius 2 is 2.00 bits per heavy atom. The summed E-state index contributed by atoms with van der Waals surface area (Å²) in [4.78, 5) is -1.87. The fourth-order valence-corrected chi connectivity index (χ4v) is 2.31. The maximum Gasteiger partial charge on any atom is 0.309 e. The van der Waals surface area contributed by atoms with Crippen molar-refractivity contribution in [3.05, 3.63) is 43.0 Å². The third kappa shape index (κ3) is 4.05. The van der Waals surface area contributed by atoms with Gasteiger partial charge in [0.2, 0.25) is 0 Å². The van der Waals surface area contributed by atoms with Crippen molar-refractivity contribution in [3.63, 3.8) is 0 Å². The summed E-state index contributed by atoms with van der Waals surface area (Å²) in [5.74, 6) is 0.335. The molecule has 0 aliphatic carbocycles. The molecule has 0 radical (unpaired) electrons. The van der Waals surface area contributed by atoms with Crippen molar-refractivity contribution in [1.29, 1.82) is 0 Å². The minimum absolute atomic E-state index is 0.0826. The maximum atomic E-state index is 11.7. The number of hydrogen-bond donors (Lipinski definition) is 1. The molecule has 5 nitrogen and oxygen atoms in total. The van der Waals surface area contributed by atoms with Crippen molar-refractivity contribution in [3.8, 4) is 5.75 Å². The van der Waals surface area contributed by atoms with E-state index in [9.17, 15) is 13.0 Å². The molecule has 1 N–H and O–H groups in total. The Balaban J connectivity index is 3.11. The number of ether oxygens (including phenoxy) is 2. The lowest BCUT2D eigenvalue weighted by Gasteiger charge is -2.30. The van der Waals surface area contributed by atoms with Crippen LogP contribution in [0, 0.1) is 0 Å². The Hall–Kier alpha value is -1.37. The molecular weight excluding hydrogens is 268 g/mol. The summed E-state index contributed by atoms with van der Waals surface area (Å²) in [5.41, 5.74) is 0. The Morgan fingerprint density at radius 3 is 2.47 bits per heavy atom. The van der Waals surface area contributed by atoms with Gasteiger partial charge in [-0.05, 0) is 19.1 Å². The minimum atomic E-state index is -4.48. The molecule has 0 heterocycles. The van der Waals surface area contributed by atoms with Crippen molar-refractivity contribution in [1.82, 2.24) is 0 Å². The van der Waals surface area contributed by atoms with Gasteiger partial charge in [-0.15, -0.1) is 6.58 Å². The van der Waals surface area contributed by atoms with Crippen LogP contribution in [0.5, 0.6) is 5.75 Å². The highest BCUT2D eigenvalue weighted by Gasteiger charge is 2.45. The van der Waals surface area contributed by atoms with Gasteiger partial charge in [-0.25, -0.2) is 0 Å². The summed E-state index contributed by atoms with van der Waals surface area (Å²) in [5, 5.41) is 0. The van der Waals surface area contributed by atoms with E-state index in [0.29, 0.717) is 12.4 Å². The second-order valence-corrected chi connectivity index (χ2v) is 5.62. The first kappa shape index (κ1) is 15.7. The van der Waals surface area contributed by atoms with Crippen LogP contribution in [-0.4, -0.2) is 31.1 Å². The predicted octanol–water partition coefficient (Wildman–Crippen LogP) is 2.26. The molecule has 0 fully saturated rings. The van der Waals surface area contributed by atoms with E-state index in [1.165, 1.54) is 6.08 Å². The smallest absolute Gasteiger partial charge is 0.309 e. The van der Waals surface area contributed by atoms with Crippen molar-refractivity contribution >= 4 is 10.1 Å². The van der Waals surface area contributed by atoms with E-state index in [4.69, 9.17) is 9.47 Å². The first-order valence-corrected chi connectivity index (χ1v) is 7.29. The van der Waals surface area contributed by atoms with E-state index >= 15 is 0 Å². The Bertz CT molecular complexity index is 497. The van der Waals surface area contributed by atoms with Crippen LogP contribution in [-0.2, 0) is 14.9 Å². The molecule has 0 saturated carbocycles. The Kier molecular flexibility index (Phi) is 5.53. The first-order valence-electron chi connectivity index (χ1n) is 5.85. The van der Waals surface area contributed by atoms with E-state index in [1.807, 2.05) is 0 Å². The molecule has 0 amide bonds. The van der Waals surface area contributed by atoms with Crippen molar-refractivity contribution in [2.45, 2.75) is 18.3 Å². The highest BCUT2D eigenvalue weighted by molar-refractivity contribution is 7.87. The van der Waals surface area contributed by atoms with Gasteiger partial charge in [-0.3, -0.25) is 4.55 Å². The van der Waals surface area contributed by atoms with E-state index < -0.39 is 15.1 Å². The molecule has 106 valence electrons. The van der Waals surface area contributed by atoms with Gasteiger partial charge in [-0.2, -0.15) is 8.42 Å². The van der Waals surface area contributed by atoms with Crippen LogP contribution in [0.4, 0.5) is 0 Å². The number of benzene rings is 1. The second kappa shape index (κ2) is 6.70. The summed E-state index contributed by atoms with van der Waals surface area (Å²) in [7, 11) is -4.48. The van der Waals surface area contributed by atoms with Crippen molar-refractivity contribution < 1.29 is 22.4 Å². The van der Waals surface area contributed by atoms with Crippen LogP contribution in [0.1, 0.15) is 13.3 Å². The van der Waals surface area contributed by atoms with E-state index in [2.05, 4.69) is 6.58 Å². The summed E-state index contributed by atoms with van der Waals surface area (Å²) >= 11 is 0. The lowest BCUT2D eigenvalue weighted by Crippen LogP contribution is -2.48. The summed E-state index contributed by atoms with van der Waals surface area (Å²) in [6.07, 6.45) is 1.29. The number of para-hydroxylation sites is 1. The van der Waals surface area contributed by atoms with Crippen LogP contribution in [0.15, 0.2) is 43.0 Å². The number of hydrogen-bond acceptors (Lipinski definition) is 4. The number of rotatable bonds is 8. The average molecular weight is 286 g/mol. The van der Waals surface area contributed by atoms with Gasteiger partial charge >= 0.3 is 10.1 Å². The van der Waals surface area contributed by atoms with Gasteiger partial charge < -0.3 is 9.47 Å². The van der Waals surface area contributed by atoms with Crippen LogP contribution in [0.2, 0.25) is 0 Å². The lowest BCUT2D eigenvalue weighted by molar-refractivity contribution is 0.0260. The molecule has 1 unspecified atom stereocenters. The zero-order valence-corrected chi connectivity index (χ0v) is 11.6. The topological polar surface area (TPSA) is 72.8 Å². The van der Waals surface area contributed by atoms with Gasteiger partial charge in [0.15, 0.2) is 0 Å². The van der Waals surface area contributed by atoms with Crippen molar-refractivity contribution in [2.75, 3.05) is 13.2 Å². The SMILES string of the molecule is C=CCC(COCC)(Oc1ccccc1)S(=O)(=O)O. The summed E-state index contributed by atoms with van der Waals surface area (Å²) < 4.78 is 43.4. The Morgan fingerprint density at radius 1 is 1.37 bits per heavy atom. The molecule has 19 heavy (non-hydrogen) atoms. The zero-order chi connectivity index (χ0) is 14.4. The highest BCUT2D eigenvalue weighted by Crippen LogP contribution is 2.27. The molecule has 1 aromatic rings. The molecule has 0 saturated heterocycles. The molecule has 0 spiro atoms. The third-order valence-electron chi connectivity index (χ3n) is 2.50. The highest BCUT2D eigenvalue weighted by atomic mass is 32.2. The molecule has 0 aliphatic heterocycles. The summed E-state index contributed by atoms with van der Waals surface area (Å²) in [6, 6.07) is 8.40. The fourth-order valence-electron chi connectivity index (χ4n) is 1.54. The van der Waals surface area contributed by atoms with Crippen molar-refractivity contribution in [2.24, 2.45) is 0 Å². The normalized spacial score (nSPS) is 14.6. The van der Waals surface area contributed by atoms with Crippen LogP contribution < -0.4 is 4.74 Å². The summed E-state index contributed by atoms with van der Waals surface area (Å²) in [6.45, 7) is 5.26. The van der Waals surface area contributed by atoms with Gasteiger partial charge in [0, 0.05) is 13.0 Å². The Labute approximate surface area is 113 Å². The third-order valence-corrected chi connectivity index (χ3v) is 3.81. The van der Waals surface area contributed by atoms with E-state index in [-0.39, 0.29) is 13.0 Å². The quantitative estimate of drug-likeness (QED) is 0.586. The molecule has 0 bridgehead atoms. The monoisotopic (exact) mass is 286 g/mol. The van der Waals surface area contributed by atoms with Gasteiger partial charge in [0.05, 0.1) is 0 Å². The zero-order valence-electron chi connectivity index (χ0n) is 10.8. The molecular formula is C13H18O5S. The molecule has 1 aromatic carbocycles. The maximum absolute atomic E-state index is 11.7. The first-order chi connectivity index (χ1) is 8.95. The van der Waals surface area contributed by atoms with Gasteiger partial charge in [0.1, 0.15) is 12.4 Å². The largest absolute Gasteiger partial charge is 0.466 e. The molecule has 0 aliphatic rings. The molecule has 1 atom stereocenters. The van der Waals surface area contributed by atoms with Gasteiger partial charge in [-0.1, -0.05) is 24.3 Å². The van der Waals surface area contributed by atoms with Crippen LogP contribution in [0.25, 0.3) is 0 Å². The second-order valence-electron chi connectivity index (χ2n) is 3.93. The standard InChI is InChI=1S/C13H18O5S/c1-3-10-13(11-17-4-2,19(14,15)16)18-12-8-6-5-7-9-12/h3,5-9H,1,4,10-11H2,2H3,(H,14,15,16). The van der Waals surface area contributed by atoms with E-state index in [1.54, 1.807) is 37.3 Å². The molecule has 6 heteroatoms. The fraction of sp³-hybridized carbons (Fsp3) is 0.385. The minimum Gasteiger partial charge on any atom is -0.466 e. The van der Waals surface area contributed by atoms with Crippen LogP contribution >= 0.6 is 0 Å². The average Bonchev–Trinajstić information content (AvgIpc) is 2.36. The molecule has 1 rings (SSSR count). The van der Waals surface area contributed by atoms with Crippen LogP contribution in [0.3, 0.4) is 0 Å². The van der Waals surface area contributed by atoms with E-state index in [0.717, 1.165) is 0 Å².